The van der Waals surface area contributed by atoms with Gasteiger partial charge in [0.2, 0.25) is 0 Å². The fourth-order valence-electron chi connectivity index (χ4n) is 2.57. The van der Waals surface area contributed by atoms with Crippen LogP contribution < -0.4 is 15.8 Å². The van der Waals surface area contributed by atoms with Crippen LogP contribution >= 0.6 is 15.9 Å². The van der Waals surface area contributed by atoms with Gasteiger partial charge in [0.25, 0.3) is 5.56 Å². The summed E-state index contributed by atoms with van der Waals surface area (Å²) in [7, 11) is 0. The van der Waals surface area contributed by atoms with E-state index in [9.17, 15) is 4.79 Å². The third-order valence-corrected chi connectivity index (χ3v) is 4.05. The second kappa shape index (κ2) is 6.05. The first-order valence-corrected chi connectivity index (χ1v) is 7.58. The normalized spacial score (nSPS) is 23.7. The minimum atomic E-state index is -0.0433. The van der Waals surface area contributed by atoms with Crippen molar-refractivity contribution >= 4 is 21.6 Å². The summed E-state index contributed by atoms with van der Waals surface area (Å²) in [6.07, 6.45) is 2.70. The van der Waals surface area contributed by atoms with Crippen molar-refractivity contribution in [2.45, 2.75) is 45.8 Å². The summed E-state index contributed by atoms with van der Waals surface area (Å²) in [5.41, 5.74) is 0.857. The minimum Gasteiger partial charge on any atom is -0.366 e. The maximum atomic E-state index is 12.2. The molecule has 6 heteroatoms. The molecule has 106 valence electrons. The third-order valence-electron chi connectivity index (χ3n) is 3.30. The highest BCUT2D eigenvalue weighted by atomic mass is 79.9. The fraction of sp³-hybridized carbons (Fsp3) is 0.692. The molecule has 0 bridgehead atoms. The summed E-state index contributed by atoms with van der Waals surface area (Å²) in [5, 5.41) is 7.75. The molecular weight excluding hydrogens is 308 g/mol. The van der Waals surface area contributed by atoms with Crippen molar-refractivity contribution in [2.24, 2.45) is 0 Å². The van der Waals surface area contributed by atoms with Gasteiger partial charge < -0.3 is 10.2 Å². The van der Waals surface area contributed by atoms with E-state index in [4.69, 9.17) is 0 Å². The number of halogens is 1. The highest BCUT2D eigenvalue weighted by Crippen LogP contribution is 2.23. The summed E-state index contributed by atoms with van der Waals surface area (Å²) in [6.45, 7) is 8.79. The molecule has 0 spiro atoms. The molecule has 2 atom stereocenters. The molecule has 1 aromatic heterocycles. The zero-order chi connectivity index (χ0) is 14.0. The first kappa shape index (κ1) is 14.5. The number of rotatable bonds is 3. The molecule has 0 aliphatic carbocycles. The van der Waals surface area contributed by atoms with Crippen LogP contribution in [0.25, 0.3) is 0 Å². The molecule has 1 aliphatic heterocycles. The van der Waals surface area contributed by atoms with Crippen molar-refractivity contribution in [3.05, 3.63) is 21.0 Å². The third kappa shape index (κ3) is 3.17. The lowest BCUT2D eigenvalue weighted by Crippen LogP contribution is -2.54. The lowest BCUT2D eigenvalue weighted by molar-refractivity contribution is 0.405. The molecule has 0 radical (unpaired) electrons. The molecule has 0 saturated carbocycles. The van der Waals surface area contributed by atoms with Gasteiger partial charge in [0.15, 0.2) is 0 Å². The summed E-state index contributed by atoms with van der Waals surface area (Å²) in [5.74, 6) is 0. The Labute approximate surface area is 122 Å². The number of anilines is 1. The fourth-order valence-corrected chi connectivity index (χ4v) is 3.13. The zero-order valence-electron chi connectivity index (χ0n) is 11.7. The number of aryl methyl sites for hydroxylation is 1. The van der Waals surface area contributed by atoms with Gasteiger partial charge in [-0.05, 0) is 36.2 Å². The van der Waals surface area contributed by atoms with E-state index in [2.05, 4.69) is 45.1 Å². The molecule has 1 N–H and O–H groups in total. The lowest BCUT2D eigenvalue weighted by atomic mass is 10.1. The van der Waals surface area contributed by atoms with Crippen molar-refractivity contribution < 1.29 is 0 Å². The van der Waals surface area contributed by atoms with Gasteiger partial charge in [0, 0.05) is 31.7 Å². The second-order valence-electron chi connectivity index (χ2n) is 5.25. The average molecular weight is 329 g/mol. The maximum absolute atomic E-state index is 12.2. The molecule has 1 saturated heterocycles. The van der Waals surface area contributed by atoms with E-state index in [0.717, 1.165) is 25.2 Å². The summed E-state index contributed by atoms with van der Waals surface area (Å²) in [4.78, 5) is 14.4. The van der Waals surface area contributed by atoms with E-state index >= 15 is 0 Å². The average Bonchev–Trinajstić information content (AvgIpc) is 2.34. The summed E-state index contributed by atoms with van der Waals surface area (Å²) in [6, 6.07) is 0.822. The van der Waals surface area contributed by atoms with Crippen molar-refractivity contribution in [3.63, 3.8) is 0 Å². The molecule has 0 aromatic carbocycles. The predicted octanol–water partition coefficient (Wildman–Crippen LogP) is 1.60. The van der Waals surface area contributed by atoms with Crippen LogP contribution in [0.1, 0.15) is 27.2 Å². The maximum Gasteiger partial charge on any atom is 0.283 e. The van der Waals surface area contributed by atoms with Gasteiger partial charge in [-0.15, -0.1) is 0 Å². The van der Waals surface area contributed by atoms with Crippen LogP contribution in [0.15, 0.2) is 15.5 Å². The van der Waals surface area contributed by atoms with Crippen LogP contribution in [0.2, 0.25) is 0 Å². The van der Waals surface area contributed by atoms with Gasteiger partial charge in [0.05, 0.1) is 11.9 Å². The highest BCUT2D eigenvalue weighted by Gasteiger charge is 2.24. The van der Waals surface area contributed by atoms with Gasteiger partial charge in [-0.3, -0.25) is 4.79 Å². The molecule has 2 unspecified atom stereocenters. The summed E-state index contributed by atoms with van der Waals surface area (Å²) < 4.78 is 2.14. The first-order chi connectivity index (χ1) is 9.02. The van der Waals surface area contributed by atoms with Crippen molar-refractivity contribution in [1.82, 2.24) is 15.1 Å². The van der Waals surface area contributed by atoms with Crippen molar-refractivity contribution in [3.8, 4) is 0 Å². The SMILES string of the molecule is CCCn1ncc(N2CC(C)NC(C)C2)c(Br)c1=O. The largest absolute Gasteiger partial charge is 0.366 e. The zero-order valence-corrected chi connectivity index (χ0v) is 13.3. The molecule has 2 heterocycles. The Balaban J connectivity index is 2.30. The van der Waals surface area contributed by atoms with Crippen LogP contribution in [-0.2, 0) is 6.54 Å². The standard InChI is InChI=1S/C13H21BrN4O/c1-4-5-18-13(19)12(14)11(6-15-18)17-7-9(2)16-10(3)8-17/h6,9-10,16H,4-5,7-8H2,1-3H3. The Bertz CT molecular complexity index is 492. The van der Waals surface area contributed by atoms with Gasteiger partial charge in [-0.1, -0.05) is 6.92 Å². The molecule has 1 fully saturated rings. The molecule has 2 rings (SSSR count). The topological polar surface area (TPSA) is 50.2 Å². The Morgan fingerprint density at radius 2 is 2.05 bits per heavy atom. The Morgan fingerprint density at radius 1 is 1.42 bits per heavy atom. The quantitative estimate of drug-likeness (QED) is 0.915. The van der Waals surface area contributed by atoms with Crippen LogP contribution in [0.4, 0.5) is 5.69 Å². The van der Waals surface area contributed by atoms with Gasteiger partial charge in [-0.25, -0.2) is 4.68 Å². The van der Waals surface area contributed by atoms with E-state index in [1.165, 1.54) is 4.68 Å². The number of nitrogens with one attached hydrogen (secondary N) is 1. The van der Waals surface area contributed by atoms with Gasteiger partial charge in [-0.2, -0.15) is 5.10 Å². The first-order valence-electron chi connectivity index (χ1n) is 6.79. The minimum absolute atomic E-state index is 0.0433. The molecular formula is C13H21BrN4O. The Kier molecular flexibility index (Phi) is 4.62. The number of aromatic nitrogens is 2. The van der Waals surface area contributed by atoms with Crippen LogP contribution in [0.3, 0.4) is 0 Å². The van der Waals surface area contributed by atoms with Crippen LogP contribution in [0, 0.1) is 0 Å². The highest BCUT2D eigenvalue weighted by molar-refractivity contribution is 9.10. The number of hydrogen-bond acceptors (Lipinski definition) is 4. The smallest absolute Gasteiger partial charge is 0.283 e. The van der Waals surface area contributed by atoms with E-state index in [1.807, 2.05) is 6.92 Å². The van der Waals surface area contributed by atoms with Gasteiger partial charge in [0.1, 0.15) is 4.47 Å². The summed E-state index contributed by atoms with van der Waals surface area (Å²) >= 11 is 3.44. The van der Waals surface area contributed by atoms with E-state index in [0.29, 0.717) is 23.1 Å². The van der Waals surface area contributed by atoms with E-state index in [-0.39, 0.29) is 5.56 Å². The molecule has 19 heavy (non-hydrogen) atoms. The van der Waals surface area contributed by atoms with E-state index in [1.54, 1.807) is 6.20 Å². The van der Waals surface area contributed by atoms with Gasteiger partial charge >= 0.3 is 0 Å². The van der Waals surface area contributed by atoms with Crippen molar-refractivity contribution in [1.29, 1.82) is 0 Å². The molecule has 0 amide bonds. The lowest BCUT2D eigenvalue weighted by Gasteiger charge is -2.37. The molecule has 5 nitrogen and oxygen atoms in total. The molecule has 1 aromatic rings. The van der Waals surface area contributed by atoms with E-state index < -0.39 is 0 Å². The second-order valence-corrected chi connectivity index (χ2v) is 6.04. The van der Waals surface area contributed by atoms with Crippen LogP contribution in [-0.4, -0.2) is 35.0 Å². The van der Waals surface area contributed by atoms with Crippen molar-refractivity contribution in [2.75, 3.05) is 18.0 Å². The number of hydrogen-bond donors (Lipinski definition) is 1. The predicted molar refractivity (Wildman–Crippen MR) is 80.8 cm³/mol. The van der Waals surface area contributed by atoms with Crippen LogP contribution in [0.5, 0.6) is 0 Å². The Hall–Kier alpha value is -0.880. The number of piperazine rings is 1. The molecule has 1 aliphatic rings. The monoisotopic (exact) mass is 328 g/mol. The number of nitrogens with zero attached hydrogens (tertiary/aromatic N) is 3. The Morgan fingerprint density at radius 3 is 2.63 bits per heavy atom.